The Morgan fingerprint density at radius 3 is 1.55 bits per heavy atom. The van der Waals surface area contributed by atoms with E-state index in [0.29, 0.717) is 38.8 Å². The number of esters is 1. The van der Waals surface area contributed by atoms with E-state index < -0.39 is 71.2 Å². The highest BCUT2D eigenvalue weighted by Crippen LogP contribution is 2.57. The first-order valence-electron chi connectivity index (χ1n) is 20.8. The van der Waals surface area contributed by atoms with Crippen LogP contribution in [0.25, 0.3) is 0 Å². The fourth-order valence-electron chi connectivity index (χ4n) is 8.01. The van der Waals surface area contributed by atoms with Gasteiger partial charge in [0.05, 0.1) is 15.9 Å². The molecule has 18 heteroatoms. The summed E-state index contributed by atoms with van der Waals surface area (Å²) in [4.78, 5) is 82.1. The maximum Gasteiger partial charge on any atom is 0.508 e. The van der Waals surface area contributed by atoms with Crippen LogP contribution in [0.4, 0.5) is 16.2 Å². The first-order valence-corrected chi connectivity index (χ1v) is 25.8. The Bertz CT molecular complexity index is 2530. The zero-order valence-corrected chi connectivity index (χ0v) is 39.9. The van der Waals surface area contributed by atoms with Crippen LogP contribution in [0.15, 0.2) is 140 Å². The van der Waals surface area contributed by atoms with Crippen LogP contribution in [0.2, 0.25) is 13.1 Å². The van der Waals surface area contributed by atoms with E-state index in [-0.39, 0.29) is 36.6 Å². The fraction of sp³-hybridized carbons (Fsp3) is 0.271. The molecule has 0 aliphatic carbocycles. The van der Waals surface area contributed by atoms with Gasteiger partial charge in [-0.15, -0.1) is 0 Å². The average Bonchev–Trinajstić information content (AvgIpc) is 3.30. The van der Waals surface area contributed by atoms with E-state index in [9.17, 15) is 29.8 Å². The SMILES string of the molecule is C[C@@H](OC(=O)OCc1ccc([N+](=O)[O-])cc1)[C@]1(SC(=O)CO[Si](C)C)C(=O)N(C(C(=O)OCc2ccc([N+](=O)[O-])cc2)=P(c2ccccc2)(c2ccccc2)c2ccccc2)[C@@H]1C(C)(C)C. The van der Waals surface area contributed by atoms with Crippen molar-refractivity contribution in [3.63, 3.8) is 0 Å². The molecule has 1 saturated heterocycles. The molecule has 0 unspecified atom stereocenters. The lowest BCUT2D eigenvalue weighted by molar-refractivity contribution is -0.385. The van der Waals surface area contributed by atoms with Gasteiger partial charge < -0.3 is 18.6 Å². The van der Waals surface area contributed by atoms with E-state index in [4.69, 9.17) is 18.6 Å². The van der Waals surface area contributed by atoms with E-state index in [1.807, 2.05) is 125 Å². The molecule has 1 amide bonds. The molecule has 66 heavy (non-hydrogen) atoms. The number of thioether (sulfide) groups is 1. The summed E-state index contributed by atoms with van der Waals surface area (Å²) in [5.41, 5.74) is -0.348. The number of amides is 1. The number of hydrogen-bond acceptors (Lipinski definition) is 13. The molecule has 1 fully saturated rings. The van der Waals surface area contributed by atoms with Gasteiger partial charge in [0.2, 0.25) is 20.1 Å². The second-order valence-electron chi connectivity index (χ2n) is 16.6. The quantitative estimate of drug-likeness (QED) is 0.0218. The highest BCUT2D eigenvalue weighted by molar-refractivity contribution is 8.15. The van der Waals surface area contributed by atoms with E-state index in [2.05, 4.69) is 0 Å². The van der Waals surface area contributed by atoms with Crippen molar-refractivity contribution in [3.05, 3.63) is 171 Å². The number of hydrogen-bond donors (Lipinski definition) is 0. The third-order valence-corrected chi connectivity index (χ3v) is 17.2. The number of carbonyl (C=O) groups excluding carboxylic acids is 4. The summed E-state index contributed by atoms with van der Waals surface area (Å²) < 4.78 is 21.5. The molecule has 0 N–H and O–H groups in total. The van der Waals surface area contributed by atoms with Crippen LogP contribution in [-0.4, -0.2) is 75.9 Å². The smallest absolute Gasteiger partial charge is 0.456 e. The molecule has 3 atom stereocenters. The minimum atomic E-state index is -3.49. The Kier molecular flexibility index (Phi) is 15.5. The third-order valence-electron chi connectivity index (χ3n) is 10.9. The number of benzene rings is 5. The van der Waals surface area contributed by atoms with E-state index >= 15 is 9.59 Å². The normalized spacial score (nSPS) is 16.4. The third kappa shape index (κ3) is 10.3. The van der Waals surface area contributed by atoms with E-state index in [1.54, 1.807) is 0 Å². The lowest BCUT2D eigenvalue weighted by Gasteiger charge is -2.62. The standard InChI is InChI=1S/C48H49N3O12PSSi/c1-33(63-46(55)61-31-35-24-28-37(29-25-35)51(58)59)48(65-41(52)32-62-66(5)6)44(47(2,3)4)49(45(48)54)42(43(53)60-30-34-22-26-36(27-23-34)50(56)57)64(38-16-10-7-11-17-38,39-18-12-8-13-19-39)40-20-14-9-15-21-40/h7-29,33,44H,30-32H2,1-6H3/t33-,44-,48-/m1/s1. The van der Waals surface area contributed by atoms with Gasteiger partial charge in [0, 0.05) is 31.2 Å². The summed E-state index contributed by atoms with van der Waals surface area (Å²) >= 11 is 0.689. The van der Waals surface area contributed by atoms with Crippen molar-refractivity contribution in [1.29, 1.82) is 0 Å². The van der Waals surface area contributed by atoms with Crippen LogP contribution >= 0.6 is 18.6 Å². The fourth-order valence-corrected chi connectivity index (χ4v) is 14.4. The molecule has 0 spiro atoms. The van der Waals surface area contributed by atoms with Crippen molar-refractivity contribution in [3.8, 4) is 0 Å². The van der Waals surface area contributed by atoms with Crippen molar-refractivity contribution >= 4 is 83.5 Å². The van der Waals surface area contributed by atoms with Gasteiger partial charge in [0.1, 0.15) is 31.3 Å². The maximum absolute atomic E-state index is 15.9. The second kappa shape index (κ2) is 20.8. The van der Waals surface area contributed by atoms with Gasteiger partial charge in [-0.2, -0.15) is 0 Å². The zero-order valence-electron chi connectivity index (χ0n) is 37.2. The van der Waals surface area contributed by atoms with Gasteiger partial charge in [-0.1, -0.05) is 124 Å². The Hall–Kier alpha value is -6.39. The molecule has 5 aromatic carbocycles. The predicted molar refractivity (Wildman–Crippen MR) is 256 cm³/mol. The molecule has 15 nitrogen and oxygen atoms in total. The number of nitro groups is 2. The summed E-state index contributed by atoms with van der Waals surface area (Å²) in [6.07, 6.45) is -2.52. The molecular formula is C48H49N3O12PSSi. The number of non-ortho nitro benzene ring substituents is 2. The summed E-state index contributed by atoms with van der Waals surface area (Å²) in [6.45, 7) is 6.36. The maximum atomic E-state index is 15.9. The topological polar surface area (TPSA) is 195 Å². The summed E-state index contributed by atoms with van der Waals surface area (Å²) in [6, 6.07) is 38.0. The number of nitro benzene ring substituents is 2. The van der Waals surface area contributed by atoms with Gasteiger partial charge in [-0.05, 0) is 76.7 Å². The number of carbonyl (C=O) groups is 4. The van der Waals surface area contributed by atoms with Crippen molar-refractivity contribution in [1.82, 2.24) is 4.90 Å². The molecule has 1 aliphatic rings. The Balaban J connectivity index is 1.57. The molecule has 1 aliphatic heterocycles. The molecule has 0 saturated carbocycles. The Morgan fingerprint density at radius 2 is 1.15 bits per heavy atom. The molecule has 1 radical (unpaired) electrons. The lowest BCUT2D eigenvalue weighted by Crippen LogP contribution is -2.82. The minimum absolute atomic E-state index is 0.00146. The van der Waals surface area contributed by atoms with Crippen molar-refractivity contribution in [2.45, 2.75) is 70.9 Å². The van der Waals surface area contributed by atoms with Crippen LogP contribution in [0.5, 0.6) is 0 Å². The average molecular weight is 951 g/mol. The number of ether oxygens (including phenoxy) is 3. The molecule has 6 rings (SSSR count). The van der Waals surface area contributed by atoms with E-state index in [0.717, 1.165) is 0 Å². The largest absolute Gasteiger partial charge is 0.508 e. The lowest BCUT2D eigenvalue weighted by atomic mass is 9.68. The second-order valence-corrected chi connectivity index (χ2v) is 23.4. The molecule has 343 valence electrons. The number of likely N-dealkylation sites (tertiary alicyclic amines) is 1. The predicted octanol–water partition coefficient (Wildman–Crippen LogP) is 7.94. The van der Waals surface area contributed by atoms with Crippen molar-refractivity contribution in [2.75, 3.05) is 6.61 Å². The monoisotopic (exact) mass is 950 g/mol. The molecular weight excluding hydrogens is 902 g/mol. The molecule has 0 aromatic heterocycles. The highest BCUT2D eigenvalue weighted by Gasteiger charge is 2.71. The highest BCUT2D eigenvalue weighted by atomic mass is 32.2. The minimum Gasteiger partial charge on any atom is -0.456 e. The molecule has 1 heterocycles. The molecule has 5 aromatic rings. The van der Waals surface area contributed by atoms with Crippen molar-refractivity contribution < 1.29 is 47.7 Å². The van der Waals surface area contributed by atoms with Crippen LogP contribution in [-0.2, 0) is 46.2 Å². The van der Waals surface area contributed by atoms with Crippen LogP contribution in [0.1, 0.15) is 38.8 Å². The zero-order chi connectivity index (χ0) is 47.8. The first kappa shape index (κ1) is 49.0. The first-order chi connectivity index (χ1) is 31.4. The summed E-state index contributed by atoms with van der Waals surface area (Å²) in [7, 11) is -1.35. The molecule has 0 bridgehead atoms. The van der Waals surface area contributed by atoms with Gasteiger partial charge in [0.15, 0.2) is 4.75 Å². The van der Waals surface area contributed by atoms with Crippen LogP contribution in [0, 0.1) is 25.6 Å². The number of nitrogens with zero attached hydrogens (tertiary/aromatic N) is 3. The number of β-lactam (4-membered cyclic amide) rings is 1. The van der Waals surface area contributed by atoms with Gasteiger partial charge in [0.25, 0.3) is 11.4 Å². The Morgan fingerprint density at radius 1 is 0.727 bits per heavy atom. The van der Waals surface area contributed by atoms with Gasteiger partial charge in [-0.3, -0.25) is 34.7 Å². The van der Waals surface area contributed by atoms with Gasteiger partial charge >= 0.3 is 12.1 Å². The van der Waals surface area contributed by atoms with Crippen molar-refractivity contribution in [2.24, 2.45) is 5.41 Å². The summed E-state index contributed by atoms with van der Waals surface area (Å²) in [5.74, 6) is -1.56. The summed E-state index contributed by atoms with van der Waals surface area (Å²) in [5, 5.41) is 24.3. The van der Waals surface area contributed by atoms with Crippen LogP contribution < -0.4 is 15.9 Å². The van der Waals surface area contributed by atoms with E-state index in [1.165, 1.54) is 60.4 Å². The Labute approximate surface area is 388 Å². The number of rotatable bonds is 17. The van der Waals surface area contributed by atoms with Crippen LogP contribution in [0.3, 0.4) is 0 Å². The van der Waals surface area contributed by atoms with Gasteiger partial charge in [-0.25, -0.2) is 9.59 Å².